The van der Waals surface area contributed by atoms with Crippen molar-refractivity contribution in [2.45, 2.75) is 45.2 Å². The number of hydrogen-bond acceptors (Lipinski definition) is 3. The third kappa shape index (κ3) is 2.59. The summed E-state index contributed by atoms with van der Waals surface area (Å²) in [7, 11) is 0. The van der Waals surface area contributed by atoms with Crippen LogP contribution in [0.2, 0.25) is 0 Å². The van der Waals surface area contributed by atoms with Crippen molar-refractivity contribution in [3.63, 3.8) is 0 Å². The number of likely N-dealkylation sites (tertiary alicyclic amines) is 1. The average Bonchev–Trinajstić information content (AvgIpc) is 2.79. The van der Waals surface area contributed by atoms with Crippen LogP contribution in [0.4, 0.5) is 14.5 Å². The summed E-state index contributed by atoms with van der Waals surface area (Å²) in [6.45, 7) is 3.70. The van der Waals surface area contributed by atoms with Crippen molar-refractivity contribution in [3.05, 3.63) is 39.4 Å². The number of benzene rings is 1. The number of nitro groups is 1. The third-order valence-electron chi connectivity index (χ3n) is 3.97. The minimum Gasteiger partial charge on any atom is -0.333 e. The van der Waals surface area contributed by atoms with Crippen LogP contribution >= 0.6 is 0 Å². The SMILES string of the molecule is CCC1CCC(C)N1C(=O)c1c(F)ccc([N+](=O)[O-])c1F. The fraction of sp³-hybridized carbons (Fsp3) is 0.500. The number of amides is 1. The molecule has 0 N–H and O–H groups in total. The van der Waals surface area contributed by atoms with Gasteiger partial charge in [-0.05, 0) is 32.3 Å². The zero-order valence-electron chi connectivity index (χ0n) is 11.8. The topological polar surface area (TPSA) is 63.5 Å². The molecule has 1 fully saturated rings. The Morgan fingerprint density at radius 3 is 2.67 bits per heavy atom. The fourth-order valence-corrected chi connectivity index (χ4v) is 2.85. The van der Waals surface area contributed by atoms with Crippen molar-refractivity contribution in [3.8, 4) is 0 Å². The van der Waals surface area contributed by atoms with E-state index in [0.717, 1.165) is 25.0 Å². The third-order valence-corrected chi connectivity index (χ3v) is 3.97. The molecule has 114 valence electrons. The van der Waals surface area contributed by atoms with Gasteiger partial charge >= 0.3 is 5.69 Å². The van der Waals surface area contributed by atoms with Crippen LogP contribution in [0.25, 0.3) is 0 Å². The van der Waals surface area contributed by atoms with E-state index >= 15 is 0 Å². The first kappa shape index (κ1) is 15.3. The van der Waals surface area contributed by atoms with Gasteiger partial charge in [0.25, 0.3) is 5.91 Å². The van der Waals surface area contributed by atoms with Gasteiger partial charge in [-0.3, -0.25) is 14.9 Å². The van der Waals surface area contributed by atoms with Crippen molar-refractivity contribution >= 4 is 11.6 Å². The molecule has 5 nitrogen and oxygen atoms in total. The lowest BCUT2D eigenvalue weighted by molar-refractivity contribution is -0.387. The summed E-state index contributed by atoms with van der Waals surface area (Å²) >= 11 is 0. The minimum absolute atomic E-state index is 0.0921. The Labute approximate surface area is 120 Å². The highest BCUT2D eigenvalue weighted by Crippen LogP contribution is 2.31. The fourth-order valence-electron chi connectivity index (χ4n) is 2.85. The quantitative estimate of drug-likeness (QED) is 0.635. The molecule has 0 saturated carbocycles. The second-order valence-corrected chi connectivity index (χ2v) is 5.21. The zero-order valence-corrected chi connectivity index (χ0v) is 11.8. The standard InChI is InChI=1S/C14H16F2N2O3/c1-3-9-5-4-8(2)17(9)14(19)12-10(15)6-7-11(13(12)16)18(20)21/h6-9H,3-5H2,1-2H3. The van der Waals surface area contributed by atoms with Crippen LogP contribution in [0.1, 0.15) is 43.5 Å². The van der Waals surface area contributed by atoms with E-state index in [0.29, 0.717) is 6.42 Å². The number of hydrogen-bond donors (Lipinski definition) is 0. The molecule has 0 bridgehead atoms. The van der Waals surface area contributed by atoms with E-state index in [4.69, 9.17) is 0 Å². The van der Waals surface area contributed by atoms with Crippen LogP contribution < -0.4 is 0 Å². The van der Waals surface area contributed by atoms with Gasteiger partial charge in [-0.2, -0.15) is 4.39 Å². The summed E-state index contributed by atoms with van der Waals surface area (Å²) in [5, 5.41) is 10.7. The molecule has 21 heavy (non-hydrogen) atoms. The van der Waals surface area contributed by atoms with E-state index < -0.39 is 33.7 Å². The molecule has 2 atom stereocenters. The second kappa shape index (κ2) is 5.75. The summed E-state index contributed by atoms with van der Waals surface area (Å²) < 4.78 is 28.0. The van der Waals surface area contributed by atoms with E-state index in [1.807, 2.05) is 6.92 Å². The van der Waals surface area contributed by atoms with Gasteiger partial charge in [-0.25, -0.2) is 4.39 Å². The summed E-state index contributed by atoms with van der Waals surface area (Å²) in [6, 6.07) is 1.26. The van der Waals surface area contributed by atoms with E-state index in [1.54, 1.807) is 6.92 Å². The predicted octanol–water partition coefficient (Wildman–Crippen LogP) is 3.28. The number of carbonyl (C=O) groups is 1. The number of nitro benzene ring substituents is 1. The van der Waals surface area contributed by atoms with Gasteiger partial charge < -0.3 is 4.90 Å². The first-order valence-electron chi connectivity index (χ1n) is 6.83. The number of carbonyl (C=O) groups excluding carboxylic acids is 1. The highest BCUT2D eigenvalue weighted by molar-refractivity contribution is 5.96. The lowest BCUT2D eigenvalue weighted by atomic mass is 10.1. The smallest absolute Gasteiger partial charge is 0.305 e. The Morgan fingerprint density at radius 2 is 2.10 bits per heavy atom. The van der Waals surface area contributed by atoms with E-state index in [-0.39, 0.29) is 12.1 Å². The monoisotopic (exact) mass is 298 g/mol. The molecule has 7 heteroatoms. The maximum absolute atomic E-state index is 14.1. The van der Waals surface area contributed by atoms with Crippen LogP contribution in [0.5, 0.6) is 0 Å². The van der Waals surface area contributed by atoms with E-state index in [9.17, 15) is 23.7 Å². The first-order valence-corrected chi connectivity index (χ1v) is 6.83. The van der Waals surface area contributed by atoms with Crippen LogP contribution in [0.15, 0.2) is 12.1 Å². The normalized spacial score (nSPS) is 21.6. The van der Waals surface area contributed by atoms with Crippen molar-refractivity contribution < 1.29 is 18.5 Å². The molecule has 1 aromatic carbocycles. The van der Waals surface area contributed by atoms with Crippen LogP contribution in [0.3, 0.4) is 0 Å². The maximum atomic E-state index is 14.1. The second-order valence-electron chi connectivity index (χ2n) is 5.21. The van der Waals surface area contributed by atoms with Gasteiger partial charge in [0.1, 0.15) is 11.4 Å². The Morgan fingerprint density at radius 1 is 1.43 bits per heavy atom. The number of nitrogens with zero attached hydrogens (tertiary/aromatic N) is 2. The van der Waals surface area contributed by atoms with Crippen molar-refractivity contribution in [2.75, 3.05) is 0 Å². The average molecular weight is 298 g/mol. The predicted molar refractivity (Wildman–Crippen MR) is 72.0 cm³/mol. The summed E-state index contributed by atoms with van der Waals surface area (Å²) in [5.41, 5.74) is -1.73. The zero-order chi connectivity index (χ0) is 15.7. The molecule has 1 aromatic rings. The van der Waals surface area contributed by atoms with Gasteiger partial charge in [0.15, 0.2) is 0 Å². The van der Waals surface area contributed by atoms with E-state index in [1.165, 1.54) is 4.90 Å². The van der Waals surface area contributed by atoms with Gasteiger partial charge in [-0.1, -0.05) is 6.92 Å². The highest BCUT2D eigenvalue weighted by Gasteiger charge is 2.37. The molecular weight excluding hydrogens is 282 g/mol. The highest BCUT2D eigenvalue weighted by atomic mass is 19.1. The van der Waals surface area contributed by atoms with Gasteiger partial charge in [0.05, 0.1) is 4.92 Å². The molecule has 1 aliphatic heterocycles. The van der Waals surface area contributed by atoms with Crippen molar-refractivity contribution in [1.82, 2.24) is 4.90 Å². The van der Waals surface area contributed by atoms with Gasteiger partial charge in [0.2, 0.25) is 5.82 Å². The molecule has 2 unspecified atom stereocenters. The molecule has 1 saturated heterocycles. The number of halogens is 2. The maximum Gasteiger partial charge on any atom is 0.305 e. The van der Waals surface area contributed by atoms with Gasteiger partial charge in [0, 0.05) is 18.2 Å². The van der Waals surface area contributed by atoms with Crippen molar-refractivity contribution in [1.29, 1.82) is 0 Å². The van der Waals surface area contributed by atoms with Crippen LogP contribution in [-0.4, -0.2) is 27.8 Å². The largest absolute Gasteiger partial charge is 0.333 e. The lowest BCUT2D eigenvalue weighted by Gasteiger charge is -2.28. The van der Waals surface area contributed by atoms with Crippen LogP contribution in [0, 0.1) is 21.7 Å². The molecule has 2 rings (SSSR count). The molecular formula is C14H16F2N2O3. The Bertz CT molecular complexity index is 592. The summed E-state index contributed by atoms with van der Waals surface area (Å²) in [5.74, 6) is -3.29. The lowest BCUT2D eigenvalue weighted by Crippen LogP contribution is -2.40. The molecule has 1 heterocycles. The summed E-state index contributed by atoms with van der Waals surface area (Å²) in [6.07, 6.45) is 2.19. The molecule has 0 spiro atoms. The molecule has 0 aromatic heterocycles. The van der Waals surface area contributed by atoms with E-state index in [2.05, 4.69) is 0 Å². The van der Waals surface area contributed by atoms with Crippen molar-refractivity contribution in [2.24, 2.45) is 0 Å². The molecule has 1 amide bonds. The Balaban J connectivity index is 2.48. The van der Waals surface area contributed by atoms with Gasteiger partial charge in [-0.15, -0.1) is 0 Å². The Hall–Kier alpha value is -2.05. The Kier molecular flexibility index (Phi) is 4.20. The molecule has 0 radical (unpaired) electrons. The molecule has 0 aliphatic carbocycles. The van der Waals surface area contributed by atoms with Crippen LogP contribution in [-0.2, 0) is 0 Å². The first-order chi connectivity index (χ1) is 9.88. The minimum atomic E-state index is -1.40. The summed E-state index contributed by atoms with van der Waals surface area (Å²) in [4.78, 5) is 23.7. The molecule has 1 aliphatic rings. The number of rotatable bonds is 3.